The number of alkyl halides is 3. The molecule has 0 saturated carbocycles. The molecule has 0 amide bonds. The summed E-state index contributed by atoms with van der Waals surface area (Å²) < 4.78 is 56.1. The van der Waals surface area contributed by atoms with Crippen LogP contribution < -0.4 is 5.73 Å². The fourth-order valence-corrected chi connectivity index (χ4v) is 1.71. The second-order valence-corrected chi connectivity index (χ2v) is 5.17. The van der Waals surface area contributed by atoms with Gasteiger partial charge in [0.1, 0.15) is 0 Å². The minimum absolute atomic E-state index is 1.09. The first-order valence-electron chi connectivity index (χ1n) is 3.04. The van der Waals surface area contributed by atoms with Crippen molar-refractivity contribution in [1.82, 2.24) is 0 Å². The van der Waals surface area contributed by atoms with Crippen LogP contribution in [-0.2, 0) is 9.84 Å². The van der Waals surface area contributed by atoms with E-state index in [4.69, 9.17) is 5.73 Å². The largest absolute Gasteiger partial charge is 0.497 e. The molecule has 0 fully saturated rings. The molecule has 12 heavy (non-hydrogen) atoms. The summed E-state index contributed by atoms with van der Waals surface area (Å²) in [5.41, 5.74) is -1.43. The first-order chi connectivity index (χ1) is 4.96. The third-order valence-corrected chi connectivity index (χ3v) is 2.74. The van der Waals surface area contributed by atoms with Crippen molar-refractivity contribution in [2.75, 3.05) is 5.75 Å². The quantitative estimate of drug-likeness (QED) is 0.720. The lowest BCUT2D eigenvalue weighted by Gasteiger charge is -2.19. The number of rotatable bonds is 2. The highest BCUT2D eigenvalue weighted by Gasteiger charge is 2.47. The number of hydrogen-bond donors (Lipinski definition) is 1. The maximum Gasteiger partial charge on any atom is 0.497 e. The van der Waals surface area contributed by atoms with Crippen LogP contribution in [0, 0.1) is 0 Å². The van der Waals surface area contributed by atoms with Crippen LogP contribution >= 0.6 is 0 Å². The smallest absolute Gasteiger partial charge is 0.325 e. The Labute approximate surface area is 68.7 Å². The van der Waals surface area contributed by atoms with Gasteiger partial charge in [0, 0.05) is 5.54 Å². The monoisotopic (exact) mass is 205 g/mol. The molecule has 0 bridgehead atoms. The van der Waals surface area contributed by atoms with Crippen LogP contribution in [0.2, 0.25) is 0 Å². The summed E-state index contributed by atoms with van der Waals surface area (Å²) in [6.45, 7) is 2.44. The Morgan fingerprint density at radius 3 is 1.67 bits per heavy atom. The van der Waals surface area contributed by atoms with Gasteiger partial charge in [-0.25, -0.2) is 8.42 Å². The van der Waals surface area contributed by atoms with E-state index in [1.54, 1.807) is 0 Å². The highest BCUT2D eigenvalue weighted by atomic mass is 32.2. The zero-order valence-electron chi connectivity index (χ0n) is 6.64. The normalized spacial score (nSPS) is 14.8. The van der Waals surface area contributed by atoms with E-state index < -0.39 is 26.6 Å². The molecular weight excluding hydrogens is 195 g/mol. The fourth-order valence-electron chi connectivity index (χ4n) is 0.572. The summed E-state index contributed by atoms with van der Waals surface area (Å²) in [5.74, 6) is -1.09. The van der Waals surface area contributed by atoms with Crippen LogP contribution in [0.4, 0.5) is 13.2 Å². The number of sulfone groups is 1. The molecule has 0 aliphatic rings. The van der Waals surface area contributed by atoms with E-state index in [9.17, 15) is 21.6 Å². The standard InChI is InChI=1S/C5H10F3NO2S/c1-4(2,9)3-12(10,11)5(6,7)8/h3,9H2,1-2H3. The molecule has 0 spiro atoms. The van der Waals surface area contributed by atoms with E-state index in [1.807, 2.05) is 0 Å². The Balaban J connectivity index is 4.70. The van der Waals surface area contributed by atoms with E-state index in [0.717, 1.165) is 0 Å². The zero-order chi connectivity index (χ0) is 10.2. The molecule has 0 rings (SSSR count). The van der Waals surface area contributed by atoms with Gasteiger partial charge < -0.3 is 5.73 Å². The summed E-state index contributed by atoms with van der Waals surface area (Å²) in [5, 5.41) is 0. The molecule has 2 N–H and O–H groups in total. The van der Waals surface area contributed by atoms with Gasteiger partial charge in [0.05, 0.1) is 5.75 Å². The summed E-state index contributed by atoms with van der Waals surface area (Å²) in [6, 6.07) is 0. The van der Waals surface area contributed by atoms with E-state index in [-0.39, 0.29) is 0 Å². The van der Waals surface area contributed by atoms with Crippen LogP contribution in [0.1, 0.15) is 13.8 Å². The molecule has 7 heteroatoms. The van der Waals surface area contributed by atoms with Crippen LogP contribution in [0.25, 0.3) is 0 Å². The Kier molecular flexibility index (Phi) is 2.81. The van der Waals surface area contributed by atoms with Crippen molar-refractivity contribution < 1.29 is 21.6 Å². The average Bonchev–Trinajstić information content (AvgIpc) is 1.52. The van der Waals surface area contributed by atoms with Crippen molar-refractivity contribution in [3.05, 3.63) is 0 Å². The van der Waals surface area contributed by atoms with Gasteiger partial charge in [-0.1, -0.05) is 0 Å². The summed E-state index contributed by atoms with van der Waals surface area (Å²) >= 11 is 0. The molecule has 74 valence electrons. The Morgan fingerprint density at radius 1 is 1.25 bits per heavy atom. The molecular formula is C5H10F3NO2S. The average molecular weight is 205 g/mol. The van der Waals surface area contributed by atoms with E-state index in [2.05, 4.69) is 0 Å². The van der Waals surface area contributed by atoms with Crippen molar-refractivity contribution in [3.8, 4) is 0 Å². The maximum atomic E-state index is 11.7. The van der Waals surface area contributed by atoms with Gasteiger partial charge in [0.15, 0.2) is 0 Å². The lowest BCUT2D eigenvalue weighted by atomic mass is 10.1. The lowest BCUT2D eigenvalue weighted by Crippen LogP contribution is -2.43. The molecule has 0 saturated heterocycles. The zero-order valence-corrected chi connectivity index (χ0v) is 7.46. The fraction of sp³-hybridized carbons (Fsp3) is 1.00. The van der Waals surface area contributed by atoms with Gasteiger partial charge in [-0.2, -0.15) is 13.2 Å². The topological polar surface area (TPSA) is 60.2 Å². The second kappa shape index (κ2) is 2.88. The maximum absolute atomic E-state index is 11.7. The van der Waals surface area contributed by atoms with E-state index in [0.29, 0.717) is 0 Å². The third-order valence-electron chi connectivity index (χ3n) is 0.915. The minimum Gasteiger partial charge on any atom is -0.325 e. The van der Waals surface area contributed by atoms with Gasteiger partial charge in [0.2, 0.25) is 9.84 Å². The van der Waals surface area contributed by atoms with Crippen LogP contribution in [0.5, 0.6) is 0 Å². The lowest BCUT2D eigenvalue weighted by molar-refractivity contribution is -0.0439. The molecule has 0 aromatic heterocycles. The second-order valence-electron chi connectivity index (χ2n) is 3.19. The highest BCUT2D eigenvalue weighted by Crippen LogP contribution is 2.25. The molecule has 0 aliphatic heterocycles. The van der Waals surface area contributed by atoms with Crippen molar-refractivity contribution in [2.24, 2.45) is 5.73 Å². The number of halogens is 3. The molecule has 0 heterocycles. The molecule has 0 radical (unpaired) electrons. The Morgan fingerprint density at radius 2 is 1.58 bits per heavy atom. The van der Waals surface area contributed by atoms with Gasteiger partial charge in [-0.3, -0.25) is 0 Å². The highest BCUT2D eigenvalue weighted by molar-refractivity contribution is 7.92. The Bertz CT molecular complexity index is 249. The molecule has 0 aromatic rings. The summed E-state index contributed by atoms with van der Waals surface area (Å²) in [4.78, 5) is 0. The molecule has 0 aliphatic carbocycles. The first kappa shape index (κ1) is 11.7. The molecule has 0 aromatic carbocycles. The van der Waals surface area contributed by atoms with Gasteiger partial charge in [0.25, 0.3) is 0 Å². The minimum atomic E-state index is -5.20. The SMILES string of the molecule is CC(C)(N)CS(=O)(=O)C(F)(F)F. The predicted octanol–water partition coefficient (Wildman–Crippen LogP) is 0.658. The first-order valence-corrected chi connectivity index (χ1v) is 4.69. The summed E-state index contributed by atoms with van der Waals surface area (Å²) in [6.07, 6.45) is 0. The number of nitrogens with two attached hydrogens (primary N) is 1. The van der Waals surface area contributed by atoms with E-state index >= 15 is 0 Å². The van der Waals surface area contributed by atoms with Gasteiger partial charge >= 0.3 is 5.51 Å². The molecule has 3 nitrogen and oxygen atoms in total. The van der Waals surface area contributed by atoms with Crippen LogP contribution in [-0.4, -0.2) is 25.2 Å². The molecule has 0 atom stereocenters. The number of hydrogen-bond acceptors (Lipinski definition) is 3. The van der Waals surface area contributed by atoms with Crippen LogP contribution in [0.15, 0.2) is 0 Å². The summed E-state index contributed by atoms with van der Waals surface area (Å²) in [7, 11) is -5.08. The van der Waals surface area contributed by atoms with Gasteiger partial charge in [-0.15, -0.1) is 0 Å². The predicted molar refractivity (Wildman–Crippen MR) is 38.1 cm³/mol. The van der Waals surface area contributed by atoms with Crippen molar-refractivity contribution >= 4 is 9.84 Å². The van der Waals surface area contributed by atoms with Crippen molar-refractivity contribution in [2.45, 2.75) is 24.9 Å². The Hall–Kier alpha value is -0.300. The third kappa shape index (κ3) is 3.40. The van der Waals surface area contributed by atoms with E-state index in [1.165, 1.54) is 13.8 Å². The molecule has 0 unspecified atom stereocenters. The van der Waals surface area contributed by atoms with Crippen molar-refractivity contribution in [1.29, 1.82) is 0 Å². The van der Waals surface area contributed by atoms with Crippen molar-refractivity contribution in [3.63, 3.8) is 0 Å². The van der Waals surface area contributed by atoms with Crippen LogP contribution in [0.3, 0.4) is 0 Å². The van der Waals surface area contributed by atoms with Gasteiger partial charge in [-0.05, 0) is 13.8 Å².